The van der Waals surface area contributed by atoms with Gasteiger partial charge in [0, 0.05) is 18.6 Å². The zero-order valence-electron chi connectivity index (χ0n) is 17.4. The second-order valence-corrected chi connectivity index (χ2v) is 7.21. The van der Waals surface area contributed by atoms with Crippen molar-refractivity contribution in [2.75, 3.05) is 5.75 Å². The van der Waals surface area contributed by atoms with E-state index in [0.717, 1.165) is 0 Å². The van der Waals surface area contributed by atoms with Crippen molar-refractivity contribution in [3.05, 3.63) is 0 Å². The van der Waals surface area contributed by atoms with Crippen LogP contribution in [0.2, 0.25) is 0 Å². The molecule has 0 aliphatic rings. The van der Waals surface area contributed by atoms with Gasteiger partial charge in [-0.1, -0.05) is 0 Å². The molecule has 0 radical (unpaired) electrons. The first-order valence-electron chi connectivity index (χ1n) is 9.50. The van der Waals surface area contributed by atoms with E-state index in [1.54, 1.807) is 0 Å². The summed E-state index contributed by atoms with van der Waals surface area (Å²) in [5.41, 5.74) is 10.5. The van der Waals surface area contributed by atoms with Gasteiger partial charge in [-0.2, -0.15) is 12.6 Å². The molecule has 0 aliphatic carbocycles. The minimum atomic E-state index is -1.66. The van der Waals surface area contributed by atoms with Gasteiger partial charge in [0.05, 0.1) is 12.5 Å². The molecule has 33 heavy (non-hydrogen) atoms. The molecule has 0 saturated heterocycles. The van der Waals surface area contributed by atoms with Crippen LogP contribution in [0.4, 0.5) is 0 Å². The Bertz CT molecular complexity index is 777. The fraction of sp³-hybridized carbons (Fsp3) is 0.588. The topological polar surface area (TPSA) is 268 Å². The highest BCUT2D eigenvalue weighted by Crippen LogP contribution is 2.02. The molecule has 0 heterocycles. The lowest BCUT2D eigenvalue weighted by molar-refractivity contribution is -0.144. The fourth-order valence-electron chi connectivity index (χ4n) is 2.36. The van der Waals surface area contributed by atoms with E-state index >= 15 is 0 Å². The molecule has 10 N–H and O–H groups in total. The molecule has 4 atom stereocenters. The summed E-state index contributed by atoms with van der Waals surface area (Å²) in [6.07, 6.45) is -2.23. The van der Waals surface area contributed by atoms with Crippen LogP contribution in [0.3, 0.4) is 0 Å². The smallest absolute Gasteiger partial charge is 0.326 e. The SMILES string of the molecule is NC(=O)CCC(N)C(=O)NC(CC(=O)O)C(=O)NC(CS)C(=O)NC(CCC(=O)O)C(=O)O. The Balaban J connectivity index is 5.24. The molecule has 186 valence electrons. The van der Waals surface area contributed by atoms with Crippen molar-refractivity contribution in [1.29, 1.82) is 0 Å². The van der Waals surface area contributed by atoms with E-state index in [9.17, 15) is 33.6 Å². The Kier molecular flexibility index (Phi) is 13.1. The predicted molar refractivity (Wildman–Crippen MR) is 113 cm³/mol. The second-order valence-electron chi connectivity index (χ2n) is 6.85. The van der Waals surface area contributed by atoms with Crippen LogP contribution in [0, 0.1) is 0 Å². The van der Waals surface area contributed by atoms with Crippen molar-refractivity contribution in [3.8, 4) is 0 Å². The maximum absolute atomic E-state index is 12.5. The number of hydrogen-bond donors (Lipinski definition) is 9. The number of aliphatic carboxylic acids is 3. The minimum absolute atomic E-state index is 0.156. The summed E-state index contributed by atoms with van der Waals surface area (Å²) in [5, 5.41) is 33.1. The third-order valence-corrected chi connectivity index (χ3v) is 4.49. The van der Waals surface area contributed by atoms with Crippen molar-refractivity contribution in [2.45, 2.75) is 56.3 Å². The molecular formula is C17H27N5O10S. The van der Waals surface area contributed by atoms with Crippen molar-refractivity contribution in [3.63, 3.8) is 0 Å². The first kappa shape index (κ1) is 29.6. The summed E-state index contributed by atoms with van der Waals surface area (Å²) in [5.74, 6) is -8.37. The lowest BCUT2D eigenvalue weighted by Crippen LogP contribution is -2.58. The van der Waals surface area contributed by atoms with Crippen LogP contribution in [0.15, 0.2) is 0 Å². The highest BCUT2D eigenvalue weighted by Gasteiger charge is 2.31. The molecule has 0 aromatic heterocycles. The monoisotopic (exact) mass is 493 g/mol. The Morgan fingerprint density at radius 3 is 1.70 bits per heavy atom. The zero-order chi connectivity index (χ0) is 25.7. The summed E-state index contributed by atoms with van der Waals surface area (Å²) < 4.78 is 0. The van der Waals surface area contributed by atoms with E-state index in [1.165, 1.54) is 0 Å². The first-order chi connectivity index (χ1) is 15.3. The van der Waals surface area contributed by atoms with Gasteiger partial charge in [0.1, 0.15) is 18.1 Å². The third kappa shape index (κ3) is 12.3. The zero-order valence-corrected chi connectivity index (χ0v) is 18.2. The molecule has 0 aromatic rings. The van der Waals surface area contributed by atoms with E-state index in [1.807, 2.05) is 0 Å². The Morgan fingerprint density at radius 2 is 1.24 bits per heavy atom. The van der Waals surface area contributed by atoms with E-state index < -0.39 is 85.0 Å². The van der Waals surface area contributed by atoms with Gasteiger partial charge >= 0.3 is 17.9 Å². The number of carboxylic acid groups (broad SMARTS) is 3. The highest BCUT2D eigenvalue weighted by molar-refractivity contribution is 7.80. The number of carbonyl (C=O) groups is 7. The molecule has 16 heteroatoms. The molecule has 0 bridgehead atoms. The maximum Gasteiger partial charge on any atom is 0.326 e. The van der Waals surface area contributed by atoms with Gasteiger partial charge < -0.3 is 42.7 Å². The van der Waals surface area contributed by atoms with E-state index in [4.69, 9.17) is 26.8 Å². The van der Waals surface area contributed by atoms with Crippen molar-refractivity contribution in [2.24, 2.45) is 11.5 Å². The fourth-order valence-corrected chi connectivity index (χ4v) is 2.61. The Hall–Kier alpha value is -3.40. The van der Waals surface area contributed by atoms with E-state index in [0.29, 0.717) is 0 Å². The maximum atomic E-state index is 12.5. The summed E-state index contributed by atoms with van der Waals surface area (Å²) >= 11 is 3.89. The van der Waals surface area contributed by atoms with Crippen molar-refractivity contribution < 1.29 is 48.9 Å². The number of thiol groups is 1. The van der Waals surface area contributed by atoms with Crippen molar-refractivity contribution >= 4 is 54.2 Å². The molecule has 15 nitrogen and oxygen atoms in total. The third-order valence-electron chi connectivity index (χ3n) is 4.13. The molecule has 0 fully saturated rings. The van der Waals surface area contributed by atoms with Gasteiger partial charge in [-0.3, -0.25) is 28.8 Å². The molecule has 4 unspecified atom stereocenters. The molecule has 0 saturated carbocycles. The predicted octanol–water partition coefficient (Wildman–Crippen LogP) is -3.61. The van der Waals surface area contributed by atoms with Gasteiger partial charge in [-0.15, -0.1) is 0 Å². The molecular weight excluding hydrogens is 466 g/mol. The van der Waals surface area contributed by atoms with Gasteiger partial charge in [0.2, 0.25) is 23.6 Å². The number of nitrogens with one attached hydrogen (secondary N) is 3. The summed E-state index contributed by atoms with van der Waals surface area (Å²) in [4.78, 5) is 80.7. The van der Waals surface area contributed by atoms with Crippen molar-refractivity contribution in [1.82, 2.24) is 16.0 Å². The van der Waals surface area contributed by atoms with Gasteiger partial charge in [0.15, 0.2) is 0 Å². The molecule has 0 aromatic carbocycles. The number of hydrogen-bond acceptors (Lipinski definition) is 9. The summed E-state index contributed by atoms with van der Waals surface area (Å²) in [6.45, 7) is 0. The van der Waals surface area contributed by atoms with Crippen LogP contribution in [-0.4, -0.2) is 86.8 Å². The Labute approximate surface area is 193 Å². The average molecular weight is 493 g/mol. The van der Waals surface area contributed by atoms with Crippen LogP contribution in [0.25, 0.3) is 0 Å². The minimum Gasteiger partial charge on any atom is -0.481 e. The quantitative estimate of drug-likeness (QED) is 0.0947. The molecule has 0 aliphatic heterocycles. The van der Waals surface area contributed by atoms with Crippen LogP contribution >= 0.6 is 12.6 Å². The largest absolute Gasteiger partial charge is 0.481 e. The number of primary amides is 1. The van der Waals surface area contributed by atoms with Crippen LogP contribution < -0.4 is 27.4 Å². The number of amides is 4. The standard InChI is InChI=1S/C17H27N5O10S/c18-7(1-3-11(19)23)14(28)21-9(5-13(26)27)15(29)22-10(6-33)16(30)20-8(17(31)32)2-4-12(24)25/h7-10,33H,1-6,18H2,(H2,19,23)(H,20,30)(H,21,28)(H,22,29)(H,24,25)(H,26,27)(H,31,32). The molecule has 0 spiro atoms. The van der Waals surface area contributed by atoms with E-state index in [-0.39, 0.29) is 18.6 Å². The number of carbonyl (C=O) groups excluding carboxylic acids is 4. The lowest BCUT2D eigenvalue weighted by atomic mass is 10.1. The lowest BCUT2D eigenvalue weighted by Gasteiger charge is -2.23. The average Bonchev–Trinajstić information content (AvgIpc) is 2.71. The molecule has 0 rings (SSSR count). The highest BCUT2D eigenvalue weighted by atomic mass is 32.1. The van der Waals surface area contributed by atoms with E-state index in [2.05, 4.69) is 28.6 Å². The van der Waals surface area contributed by atoms with Crippen LogP contribution in [0.1, 0.15) is 32.1 Å². The number of rotatable bonds is 16. The normalized spacial score (nSPS) is 14.1. The Morgan fingerprint density at radius 1 is 0.727 bits per heavy atom. The second kappa shape index (κ2) is 14.6. The number of nitrogens with two attached hydrogens (primary N) is 2. The van der Waals surface area contributed by atoms with Gasteiger partial charge in [-0.05, 0) is 12.8 Å². The van der Waals surface area contributed by atoms with Crippen LogP contribution in [0.5, 0.6) is 0 Å². The molecule has 4 amide bonds. The van der Waals surface area contributed by atoms with Gasteiger partial charge in [-0.25, -0.2) is 4.79 Å². The summed E-state index contributed by atoms with van der Waals surface area (Å²) in [7, 11) is 0. The number of carboxylic acids is 3. The summed E-state index contributed by atoms with van der Waals surface area (Å²) in [6, 6.07) is -5.93. The van der Waals surface area contributed by atoms with Crippen LogP contribution in [-0.2, 0) is 33.6 Å². The van der Waals surface area contributed by atoms with Gasteiger partial charge in [0.25, 0.3) is 0 Å². The first-order valence-corrected chi connectivity index (χ1v) is 10.1.